The summed E-state index contributed by atoms with van der Waals surface area (Å²) < 4.78 is 13.0. The van der Waals surface area contributed by atoms with Crippen LogP contribution >= 0.6 is 11.3 Å². The Kier molecular flexibility index (Phi) is 4.51. The Labute approximate surface area is 160 Å². The van der Waals surface area contributed by atoms with E-state index in [9.17, 15) is 9.18 Å². The predicted octanol–water partition coefficient (Wildman–Crippen LogP) is 3.23. The molecule has 2 fully saturated rings. The van der Waals surface area contributed by atoms with Crippen molar-refractivity contribution in [3.05, 3.63) is 51.2 Å². The molecule has 1 aromatic carbocycles. The van der Waals surface area contributed by atoms with E-state index in [2.05, 4.69) is 4.98 Å². The first-order valence-electron chi connectivity index (χ1n) is 8.90. The number of nitrogens with zero attached hydrogens (tertiary/aromatic N) is 3. The van der Waals surface area contributed by atoms with E-state index < -0.39 is 0 Å². The maximum atomic E-state index is 13.0. The van der Waals surface area contributed by atoms with Crippen LogP contribution in [0.1, 0.15) is 44.7 Å². The Morgan fingerprint density at radius 2 is 1.96 bits per heavy atom. The van der Waals surface area contributed by atoms with Gasteiger partial charge in [-0.25, -0.2) is 9.37 Å². The number of thiazole rings is 1. The lowest BCUT2D eigenvalue weighted by molar-refractivity contribution is 0.0757. The minimum Gasteiger partial charge on any atom is -0.329 e. The topological polar surface area (TPSA) is 84.1 Å². The number of aromatic nitrogens is 1. The molecular weight excluding hydrogens is 365 g/mol. The first-order valence-corrected chi connectivity index (χ1v) is 9.71. The monoisotopic (exact) mass is 385 g/mol. The number of nitrogens with one attached hydrogen (secondary N) is 2. The molecule has 1 aliphatic carbocycles. The van der Waals surface area contributed by atoms with Crippen LogP contribution in [0.5, 0.6) is 0 Å². The standard InChI is InChI=1S/C19H20FN5OS/c1-11-16(12-2-3-12)23-18(27-11)17(22)25-9-8-24(10-15(25)21)19(26)13-4-6-14(20)7-5-13/h4-7,12,21-22H,2-3,8-10H2,1H3. The molecular formula is C19H20FN5OS. The summed E-state index contributed by atoms with van der Waals surface area (Å²) in [6, 6.07) is 5.42. The highest BCUT2D eigenvalue weighted by atomic mass is 32.1. The second-order valence-corrected chi connectivity index (χ2v) is 8.12. The average Bonchev–Trinajstić information content (AvgIpc) is 3.43. The van der Waals surface area contributed by atoms with Crippen LogP contribution in [0.25, 0.3) is 0 Å². The van der Waals surface area contributed by atoms with Crippen LogP contribution in [-0.2, 0) is 0 Å². The molecule has 0 atom stereocenters. The second-order valence-electron chi connectivity index (χ2n) is 6.92. The molecule has 0 unspecified atom stereocenters. The van der Waals surface area contributed by atoms with E-state index in [1.54, 1.807) is 9.80 Å². The van der Waals surface area contributed by atoms with Gasteiger partial charge in [-0.05, 0) is 44.0 Å². The fourth-order valence-corrected chi connectivity index (χ4v) is 4.21. The SMILES string of the molecule is Cc1sc(C(=N)N2CCN(C(=O)c3ccc(F)cc3)CC2=N)nc1C1CC1. The third-order valence-electron chi connectivity index (χ3n) is 4.91. The van der Waals surface area contributed by atoms with Crippen molar-refractivity contribution in [1.82, 2.24) is 14.8 Å². The van der Waals surface area contributed by atoms with Crippen LogP contribution in [0, 0.1) is 23.6 Å². The predicted molar refractivity (Wildman–Crippen MR) is 102 cm³/mol. The Morgan fingerprint density at radius 3 is 2.59 bits per heavy atom. The van der Waals surface area contributed by atoms with E-state index in [0.717, 1.165) is 23.4 Å². The number of benzene rings is 1. The number of carbonyl (C=O) groups is 1. The summed E-state index contributed by atoms with van der Waals surface area (Å²) >= 11 is 1.50. The number of amidine groups is 2. The number of piperazine rings is 1. The molecule has 4 rings (SSSR count). The Morgan fingerprint density at radius 1 is 1.26 bits per heavy atom. The summed E-state index contributed by atoms with van der Waals surface area (Å²) in [5, 5.41) is 17.4. The molecule has 2 aromatic rings. The molecule has 0 bridgehead atoms. The highest BCUT2D eigenvalue weighted by molar-refractivity contribution is 7.13. The van der Waals surface area contributed by atoms with Gasteiger partial charge in [-0.3, -0.25) is 15.6 Å². The Balaban J connectivity index is 1.44. The molecule has 8 heteroatoms. The number of hydrogen-bond donors (Lipinski definition) is 2. The quantitative estimate of drug-likeness (QED) is 0.628. The number of amides is 1. The molecule has 27 heavy (non-hydrogen) atoms. The molecule has 140 valence electrons. The third-order valence-corrected chi connectivity index (χ3v) is 5.90. The van der Waals surface area contributed by atoms with Gasteiger partial charge in [0.25, 0.3) is 5.91 Å². The highest BCUT2D eigenvalue weighted by Gasteiger charge is 2.32. The van der Waals surface area contributed by atoms with E-state index in [1.807, 2.05) is 6.92 Å². The van der Waals surface area contributed by atoms with Crippen molar-refractivity contribution < 1.29 is 9.18 Å². The first-order chi connectivity index (χ1) is 12.9. The van der Waals surface area contributed by atoms with Gasteiger partial charge in [0.05, 0.1) is 12.2 Å². The van der Waals surface area contributed by atoms with Gasteiger partial charge in [0.1, 0.15) is 11.7 Å². The lowest BCUT2D eigenvalue weighted by Crippen LogP contribution is -2.53. The van der Waals surface area contributed by atoms with Crippen molar-refractivity contribution in [3.8, 4) is 0 Å². The van der Waals surface area contributed by atoms with Gasteiger partial charge in [0.15, 0.2) is 10.8 Å². The Hall–Kier alpha value is -2.61. The third kappa shape index (κ3) is 3.49. The maximum Gasteiger partial charge on any atom is 0.254 e. The molecule has 2 aliphatic rings. The summed E-state index contributed by atoms with van der Waals surface area (Å²) in [4.78, 5) is 21.5. The summed E-state index contributed by atoms with van der Waals surface area (Å²) in [5.41, 5.74) is 1.49. The number of halogens is 1. The number of aryl methyl sites for hydroxylation is 1. The lowest BCUT2D eigenvalue weighted by Gasteiger charge is -2.35. The van der Waals surface area contributed by atoms with E-state index in [-0.39, 0.29) is 29.9 Å². The molecule has 2 heterocycles. The largest absolute Gasteiger partial charge is 0.329 e. The van der Waals surface area contributed by atoms with Crippen LogP contribution in [0.3, 0.4) is 0 Å². The van der Waals surface area contributed by atoms with Crippen LogP contribution in [0.15, 0.2) is 24.3 Å². The van der Waals surface area contributed by atoms with Gasteiger partial charge >= 0.3 is 0 Å². The average molecular weight is 385 g/mol. The molecule has 0 radical (unpaired) electrons. The second kappa shape index (κ2) is 6.84. The summed E-state index contributed by atoms with van der Waals surface area (Å²) in [7, 11) is 0. The highest BCUT2D eigenvalue weighted by Crippen LogP contribution is 2.42. The summed E-state index contributed by atoms with van der Waals surface area (Å²) in [6.07, 6.45) is 2.33. The smallest absolute Gasteiger partial charge is 0.254 e. The number of rotatable bonds is 3. The van der Waals surface area contributed by atoms with Crippen molar-refractivity contribution in [2.75, 3.05) is 19.6 Å². The van der Waals surface area contributed by atoms with Gasteiger partial charge in [-0.15, -0.1) is 11.3 Å². The minimum absolute atomic E-state index is 0.123. The normalized spacial score (nSPS) is 17.3. The van der Waals surface area contributed by atoms with Crippen LogP contribution in [-0.4, -0.2) is 52.0 Å². The number of carbonyl (C=O) groups excluding carboxylic acids is 1. The fraction of sp³-hybridized carbons (Fsp3) is 0.368. The zero-order valence-electron chi connectivity index (χ0n) is 15.0. The van der Waals surface area contributed by atoms with Gasteiger partial charge in [0.2, 0.25) is 0 Å². The van der Waals surface area contributed by atoms with Gasteiger partial charge in [-0.2, -0.15) is 0 Å². The van der Waals surface area contributed by atoms with Crippen molar-refractivity contribution in [3.63, 3.8) is 0 Å². The Bertz CT molecular complexity index is 919. The van der Waals surface area contributed by atoms with Crippen LogP contribution in [0.4, 0.5) is 4.39 Å². The molecule has 1 amide bonds. The van der Waals surface area contributed by atoms with Crippen molar-refractivity contribution in [1.29, 1.82) is 10.8 Å². The molecule has 1 saturated heterocycles. The van der Waals surface area contributed by atoms with Gasteiger partial charge in [-0.1, -0.05) is 0 Å². The molecule has 1 aromatic heterocycles. The maximum absolute atomic E-state index is 13.0. The van der Waals surface area contributed by atoms with E-state index >= 15 is 0 Å². The van der Waals surface area contributed by atoms with Crippen molar-refractivity contribution in [2.45, 2.75) is 25.7 Å². The van der Waals surface area contributed by atoms with E-state index in [0.29, 0.717) is 29.6 Å². The number of hydrogen-bond acceptors (Lipinski definition) is 5. The lowest BCUT2D eigenvalue weighted by atomic mass is 10.1. The minimum atomic E-state index is -0.387. The molecule has 6 nitrogen and oxygen atoms in total. The summed E-state index contributed by atoms with van der Waals surface area (Å²) in [6.45, 7) is 2.94. The first kappa shape index (κ1) is 17.8. The zero-order valence-corrected chi connectivity index (χ0v) is 15.8. The van der Waals surface area contributed by atoms with Gasteiger partial charge < -0.3 is 9.80 Å². The van der Waals surface area contributed by atoms with E-state index in [4.69, 9.17) is 10.8 Å². The van der Waals surface area contributed by atoms with Crippen molar-refractivity contribution in [2.24, 2.45) is 0 Å². The fourth-order valence-electron chi connectivity index (χ4n) is 3.26. The molecule has 1 saturated carbocycles. The van der Waals surface area contributed by atoms with Crippen LogP contribution in [0.2, 0.25) is 0 Å². The summed E-state index contributed by atoms with van der Waals surface area (Å²) in [5.74, 6) is 0.345. The van der Waals surface area contributed by atoms with Crippen molar-refractivity contribution >= 4 is 28.9 Å². The molecule has 2 N–H and O–H groups in total. The molecule has 1 aliphatic heterocycles. The van der Waals surface area contributed by atoms with E-state index in [1.165, 1.54) is 35.6 Å². The van der Waals surface area contributed by atoms with Gasteiger partial charge in [0, 0.05) is 29.4 Å². The zero-order chi connectivity index (χ0) is 19.1. The molecule has 0 spiro atoms. The van der Waals surface area contributed by atoms with Crippen LogP contribution < -0.4 is 0 Å².